The highest BCUT2D eigenvalue weighted by atomic mass is 16.2. The van der Waals surface area contributed by atoms with Crippen LogP contribution < -0.4 is 11.1 Å². The lowest BCUT2D eigenvalue weighted by atomic mass is 10.0. The molecule has 0 heterocycles. The van der Waals surface area contributed by atoms with Gasteiger partial charge in [0, 0.05) is 6.04 Å². The van der Waals surface area contributed by atoms with Gasteiger partial charge >= 0.3 is 0 Å². The molecule has 1 fully saturated rings. The summed E-state index contributed by atoms with van der Waals surface area (Å²) in [6, 6.07) is -0.0809. The predicted molar refractivity (Wildman–Crippen MR) is 62.4 cm³/mol. The first-order chi connectivity index (χ1) is 6.75. The van der Waals surface area contributed by atoms with Crippen molar-refractivity contribution < 1.29 is 4.79 Å². The van der Waals surface area contributed by atoms with E-state index in [4.69, 9.17) is 5.73 Å². The first kappa shape index (κ1) is 12.5. The Kier molecular flexibility index (Phi) is 3.15. The number of amides is 1. The van der Waals surface area contributed by atoms with E-state index >= 15 is 0 Å². The van der Waals surface area contributed by atoms with Gasteiger partial charge in [0.2, 0.25) is 5.91 Å². The molecule has 0 aromatic carbocycles. The van der Waals surface area contributed by atoms with Crippen LogP contribution in [0.5, 0.6) is 0 Å². The highest BCUT2D eigenvalue weighted by Crippen LogP contribution is 2.62. The van der Waals surface area contributed by atoms with Crippen molar-refractivity contribution in [1.82, 2.24) is 5.32 Å². The standard InChI is InChI=1S/C12H24N2O/c1-6-7-8(13)9(15)14-10-11(2,3)12(10,4)5/h8,10H,6-7,13H2,1-5H3,(H,14,15)/t8-/m0/s1. The molecule has 0 aromatic rings. The SMILES string of the molecule is CCC[C@H](N)C(=O)NC1C(C)(C)C1(C)C. The van der Waals surface area contributed by atoms with Crippen molar-refractivity contribution in [3.8, 4) is 0 Å². The van der Waals surface area contributed by atoms with Crippen LogP contribution >= 0.6 is 0 Å². The minimum atomic E-state index is -0.345. The molecule has 0 saturated heterocycles. The fourth-order valence-electron chi connectivity index (χ4n) is 2.25. The maximum absolute atomic E-state index is 11.7. The monoisotopic (exact) mass is 212 g/mol. The molecular weight excluding hydrogens is 188 g/mol. The molecule has 1 aliphatic carbocycles. The van der Waals surface area contributed by atoms with Gasteiger partial charge in [-0.2, -0.15) is 0 Å². The van der Waals surface area contributed by atoms with Gasteiger partial charge in [0.1, 0.15) is 0 Å². The molecule has 3 N–H and O–H groups in total. The summed E-state index contributed by atoms with van der Waals surface area (Å²) >= 11 is 0. The van der Waals surface area contributed by atoms with E-state index in [1.807, 2.05) is 6.92 Å². The van der Waals surface area contributed by atoms with Crippen molar-refractivity contribution in [3.05, 3.63) is 0 Å². The number of rotatable bonds is 4. The Bertz CT molecular complexity index is 244. The molecule has 0 aliphatic heterocycles. The fraction of sp³-hybridized carbons (Fsp3) is 0.917. The molecule has 1 amide bonds. The second-order valence-electron chi connectivity index (χ2n) is 5.78. The van der Waals surface area contributed by atoms with Crippen molar-refractivity contribution >= 4 is 5.91 Å². The van der Waals surface area contributed by atoms with Crippen LogP contribution in [0, 0.1) is 10.8 Å². The minimum absolute atomic E-state index is 0.000463. The lowest BCUT2D eigenvalue weighted by molar-refractivity contribution is -0.122. The second-order valence-corrected chi connectivity index (χ2v) is 5.78. The van der Waals surface area contributed by atoms with E-state index in [0.29, 0.717) is 0 Å². The molecule has 0 unspecified atom stereocenters. The average molecular weight is 212 g/mol. The Morgan fingerprint density at radius 3 is 2.13 bits per heavy atom. The lowest BCUT2D eigenvalue weighted by Crippen LogP contribution is -2.43. The molecule has 0 spiro atoms. The van der Waals surface area contributed by atoms with Crippen molar-refractivity contribution in [1.29, 1.82) is 0 Å². The molecule has 1 atom stereocenters. The third kappa shape index (κ3) is 2.03. The van der Waals surface area contributed by atoms with Crippen molar-refractivity contribution in [2.24, 2.45) is 16.6 Å². The van der Waals surface area contributed by atoms with E-state index in [1.165, 1.54) is 0 Å². The van der Waals surface area contributed by atoms with E-state index in [9.17, 15) is 4.79 Å². The van der Waals surface area contributed by atoms with Crippen molar-refractivity contribution in [2.75, 3.05) is 0 Å². The Balaban J connectivity index is 2.48. The zero-order valence-electron chi connectivity index (χ0n) is 10.6. The third-order valence-corrected chi connectivity index (χ3v) is 4.24. The summed E-state index contributed by atoms with van der Waals surface area (Å²) in [6.45, 7) is 10.8. The largest absolute Gasteiger partial charge is 0.351 e. The minimum Gasteiger partial charge on any atom is -0.351 e. The normalized spacial score (nSPS) is 24.7. The van der Waals surface area contributed by atoms with Crippen LogP contribution in [0.2, 0.25) is 0 Å². The number of nitrogens with one attached hydrogen (secondary N) is 1. The van der Waals surface area contributed by atoms with Crippen molar-refractivity contribution in [3.63, 3.8) is 0 Å². The highest BCUT2D eigenvalue weighted by Gasteiger charge is 2.65. The van der Waals surface area contributed by atoms with E-state index < -0.39 is 0 Å². The third-order valence-electron chi connectivity index (χ3n) is 4.24. The van der Waals surface area contributed by atoms with Gasteiger partial charge in [-0.05, 0) is 17.3 Å². The van der Waals surface area contributed by atoms with Gasteiger partial charge in [0.15, 0.2) is 0 Å². The lowest BCUT2D eigenvalue weighted by Gasteiger charge is -2.12. The van der Waals surface area contributed by atoms with Gasteiger partial charge in [-0.15, -0.1) is 0 Å². The number of carbonyl (C=O) groups is 1. The number of hydrogen-bond donors (Lipinski definition) is 2. The molecule has 1 saturated carbocycles. The first-order valence-corrected chi connectivity index (χ1v) is 5.81. The summed E-state index contributed by atoms with van der Waals surface area (Å²) in [6.07, 6.45) is 1.71. The smallest absolute Gasteiger partial charge is 0.237 e. The summed E-state index contributed by atoms with van der Waals surface area (Å²) in [5.41, 5.74) is 6.15. The maximum atomic E-state index is 11.7. The van der Waals surface area contributed by atoms with Gasteiger partial charge in [0.25, 0.3) is 0 Å². The van der Waals surface area contributed by atoms with Gasteiger partial charge in [0.05, 0.1) is 6.04 Å². The molecule has 15 heavy (non-hydrogen) atoms. The van der Waals surface area contributed by atoms with Crippen LogP contribution in [0.1, 0.15) is 47.5 Å². The zero-order chi connectivity index (χ0) is 11.9. The van der Waals surface area contributed by atoms with Gasteiger partial charge < -0.3 is 11.1 Å². The average Bonchev–Trinajstić information content (AvgIpc) is 2.48. The Morgan fingerprint density at radius 2 is 1.80 bits per heavy atom. The Hall–Kier alpha value is -0.570. The van der Waals surface area contributed by atoms with Crippen LogP contribution in [0.15, 0.2) is 0 Å². The summed E-state index contributed by atoms with van der Waals surface area (Å²) in [7, 11) is 0. The Labute approximate surface area is 92.8 Å². The summed E-state index contributed by atoms with van der Waals surface area (Å²) in [5.74, 6) is 0.000463. The zero-order valence-corrected chi connectivity index (χ0v) is 10.6. The second kappa shape index (κ2) is 3.78. The van der Waals surface area contributed by atoms with Crippen LogP contribution in [-0.2, 0) is 4.79 Å². The van der Waals surface area contributed by atoms with Gasteiger partial charge in [-0.3, -0.25) is 4.79 Å². The fourth-order valence-corrected chi connectivity index (χ4v) is 2.25. The molecule has 1 rings (SSSR count). The molecule has 1 aliphatic rings. The van der Waals surface area contributed by atoms with Crippen LogP contribution in [0.3, 0.4) is 0 Å². The molecule has 3 heteroatoms. The maximum Gasteiger partial charge on any atom is 0.237 e. The number of carbonyl (C=O) groups excluding carboxylic acids is 1. The molecule has 0 aromatic heterocycles. The summed E-state index contributed by atoms with van der Waals surface area (Å²) in [5, 5.41) is 3.06. The van der Waals surface area contributed by atoms with E-state index in [2.05, 4.69) is 33.0 Å². The van der Waals surface area contributed by atoms with Crippen LogP contribution in [-0.4, -0.2) is 18.0 Å². The van der Waals surface area contributed by atoms with Crippen LogP contribution in [0.4, 0.5) is 0 Å². The topological polar surface area (TPSA) is 55.1 Å². The molecule has 0 radical (unpaired) electrons. The van der Waals surface area contributed by atoms with Crippen molar-refractivity contribution in [2.45, 2.75) is 59.5 Å². The summed E-state index contributed by atoms with van der Waals surface area (Å²) in [4.78, 5) is 11.7. The highest BCUT2D eigenvalue weighted by molar-refractivity contribution is 5.82. The quantitative estimate of drug-likeness (QED) is 0.744. The molecular formula is C12H24N2O. The van der Waals surface area contributed by atoms with Crippen LogP contribution in [0.25, 0.3) is 0 Å². The summed E-state index contributed by atoms with van der Waals surface area (Å²) < 4.78 is 0. The Morgan fingerprint density at radius 1 is 1.33 bits per heavy atom. The number of hydrogen-bond acceptors (Lipinski definition) is 2. The van der Waals surface area contributed by atoms with Gasteiger partial charge in [-0.1, -0.05) is 41.0 Å². The van der Waals surface area contributed by atoms with E-state index in [1.54, 1.807) is 0 Å². The predicted octanol–water partition coefficient (Wildman–Crippen LogP) is 1.66. The molecule has 88 valence electrons. The molecule has 0 bridgehead atoms. The first-order valence-electron chi connectivity index (χ1n) is 5.81. The molecule has 3 nitrogen and oxygen atoms in total. The van der Waals surface area contributed by atoms with E-state index in [-0.39, 0.29) is 28.8 Å². The van der Waals surface area contributed by atoms with E-state index in [0.717, 1.165) is 12.8 Å². The van der Waals surface area contributed by atoms with Gasteiger partial charge in [-0.25, -0.2) is 0 Å². The number of nitrogens with two attached hydrogens (primary N) is 1.